The van der Waals surface area contributed by atoms with Crippen LogP contribution in [0.5, 0.6) is 0 Å². The third-order valence-electron chi connectivity index (χ3n) is 6.42. The topological polar surface area (TPSA) is 128 Å². The summed E-state index contributed by atoms with van der Waals surface area (Å²) in [4.78, 5) is 15.2. The number of hydrogen-bond donors (Lipinski definition) is 4. The molecule has 190 valence electrons. The van der Waals surface area contributed by atoms with Crippen LogP contribution >= 0.6 is 22.6 Å². The number of guanidine groups is 1. The largest absolute Gasteiger partial charge is 0.370 e. The van der Waals surface area contributed by atoms with E-state index in [4.69, 9.17) is 11.1 Å². The summed E-state index contributed by atoms with van der Waals surface area (Å²) >= 11 is 2.21. The number of nitrogens with two attached hydrogens (primary N) is 1. The second-order valence-corrected chi connectivity index (χ2v) is 12.1. The Hall–Kier alpha value is -2.70. The van der Waals surface area contributed by atoms with E-state index in [1.165, 1.54) is 0 Å². The third-order valence-corrected chi connectivity index (χ3v) is 8.61. The number of sulfonamides is 1. The Morgan fingerprint density at radius 3 is 2.56 bits per heavy atom. The predicted molar refractivity (Wildman–Crippen MR) is 150 cm³/mol. The summed E-state index contributed by atoms with van der Waals surface area (Å²) in [6.45, 7) is 1.73. The zero-order valence-electron chi connectivity index (χ0n) is 19.8. The van der Waals surface area contributed by atoms with E-state index >= 15 is 0 Å². The van der Waals surface area contributed by atoms with Crippen LogP contribution in [-0.2, 0) is 21.2 Å². The van der Waals surface area contributed by atoms with Gasteiger partial charge in [-0.05, 0) is 88.4 Å². The summed E-state index contributed by atoms with van der Waals surface area (Å²) < 4.78 is 30.3. The van der Waals surface area contributed by atoms with E-state index in [0.717, 1.165) is 39.3 Å². The Bertz CT molecular complexity index is 1350. The monoisotopic (exact) mass is 619 g/mol. The first-order chi connectivity index (χ1) is 17.2. The summed E-state index contributed by atoms with van der Waals surface area (Å²) in [5, 5.41) is 12.4. The molecule has 1 heterocycles. The molecule has 1 unspecified atom stereocenters. The van der Waals surface area contributed by atoms with Gasteiger partial charge in [-0.2, -0.15) is 4.72 Å². The number of nitrogens with one attached hydrogen (secondary N) is 3. The molecule has 3 aromatic rings. The second kappa shape index (κ2) is 11.6. The summed E-state index contributed by atoms with van der Waals surface area (Å²) in [6, 6.07) is 19.2. The fraction of sp³-hybridized carbons (Fsp3) is 0.308. The number of likely N-dealkylation sites (tertiary alicyclic amines) is 1. The van der Waals surface area contributed by atoms with Crippen LogP contribution in [0.3, 0.4) is 0 Å². The normalized spacial score (nSPS) is 17.0. The minimum absolute atomic E-state index is 0.0331. The van der Waals surface area contributed by atoms with E-state index in [0.29, 0.717) is 13.1 Å². The number of hydrogen-bond acceptors (Lipinski definition) is 4. The Labute approximate surface area is 225 Å². The van der Waals surface area contributed by atoms with Gasteiger partial charge >= 0.3 is 0 Å². The van der Waals surface area contributed by atoms with Crippen molar-refractivity contribution in [2.24, 2.45) is 11.7 Å². The van der Waals surface area contributed by atoms with Crippen LogP contribution < -0.4 is 15.8 Å². The molecule has 0 radical (unpaired) electrons. The Kier molecular flexibility index (Phi) is 8.47. The summed E-state index contributed by atoms with van der Waals surface area (Å²) in [5.41, 5.74) is 6.49. The van der Waals surface area contributed by atoms with Crippen LogP contribution in [0.4, 0.5) is 0 Å². The number of rotatable bonds is 8. The van der Waals surface area contributed by atoms with Crippen LogP contribution in [0.15, 0.2) is 71.6 Å². The number of nitrogens with zero attached hydrogens (tertiary/aromatic N) is 1. The molecule has 5 N–H and O–H groups in total. The van der Waals surface area contributed by atoms with Crippen molar-refractivity contribution in [3.63, 3.8) is 0 Å². The minimum atomic E-state index is -3.95. The van der Waals surface area contributed by atoms with E-state index in [2.05, 4.69) is 32.6 Å². The molecular weight excluding hydrogens is 589 g/mol. The van der Waals surface area contributed by atoms with Gasteiger partial charge in [-0.3, -0.25) is 10.2 Å². The van der Waals surface area contributed by atoms with Crippen LogP contribution in [0.2, 0.25) is 0 Å². The lowest BCUT2D eigenvalue weighted by Crippen LogP contribution is -2.51. The maximum atomic E-state index is 13.3. The first-order valence-corrected chi connectivity index (χ1v) is 14.4. The molecule has 1 saturated heterocycles. The van der Waals surface area contributed by atoms with Gasteiger partial charge in [0.2, 0.25) is 15.9 Å². The van der Waals surface area contributed by atoms with Crippen molar-refractivity contribution in [1.82, 2.24) is 14.9 Å². The molecule has 0 aromatic heterocycles. The van der Waals surface area contributed by atoms with Crippen molar-refractivity contribution >= 4 is 55.3 Å². The summed E-state index contributed by atoms with van der Waals surface area (Å²) in [6.07, 6.45) is 2.02. The lowest BCUT2D eigenvalue weighted by molar-refractivity contribution is -0.122. The first kappa shape index (κ1) is 26.4. The van der Waals surface area contributed by atoms with Gasteiger partial charge < -0.3 is 16.0 Å². The molecular formula is C26H30IN5O3S. The molecule has 2 atom stereocenters. The number of piperidine rings is 1. The lowest BCUT2D eigenvalue weighted by atomic mass is 9.98. The van der Waals surface area contributed by atoms with Gasteiger partial charge in [-0.25, -0.2) is 8.42 Å². The highest BCUT2D eigenvalue weighted by Gasteiger charge is 2.28. The van der Waals surface area contributed by atoms with E-state index in [9.17, 15) is 13.2 Å². The van der Waals surface area contributed by atoms with Gasteiger partial charge in [0.1, 0.15) is 6.04 Å². The molecule has 1 fully saturated rings. The highest BCUT2D eigenvalue weighted by molar-refractivity contribution is 14.1. The number of carbonyl (C=O) groups excluding carboxylic acids is 1. The van der Waals surface area contributed by atoms with Crippen molar-refractivity contribution in [1.29, 1.82) is 5.41 Å². The molecule has 0 bridgehead atoms. The number of benzene rings is 3. The van der Waals surface area contributed by atoms with Crippen LogP contribution in [0.25, 0.3) is 10.8 Å². The third kappa shape index (κ3) is 6.74. The molecule has 0 saturated carbocycles. The van der Waals surface area contributed by atoms with Crippen LogP contribution in [0.1, 0.15) is 18.4 Å². The zero-order chi connectivity index (χ0) is 25.7. The fourth-order valence-corrected chi connectivity index (χ4v) is 6.04. The van der Waals surface area contributed by atoms with Crippen molar-refractivity contribution in [3.05, 3.63) is 75.9 Å². The lowest BCUT2D eigenvalue weighted by Gasteiger charge is -2.33. The molecule has 8 nitrogen and oxygen atoms in total. The smallest absolute Gasteiger partial charge is 0.241 e. The molecule has 10 heteroatoms. The standard InChI is InChI=1S/C26H30IN5O3S/c27-22-10-7-18(8-11-22)14-24(25(33)30-16-19-4-3-13-32(17-19)26(28)29)31-36(34,35)23-12-9-20-5-1-2-6-21(20)15-23/h1-2,5-12,15,19,24,31H,3-4,13-14,16-17H2,(H3,28,29)(H,30,33)/t19?,24-/m1/s1. The minimum Gasteiger partial charge on any atom is -0.370 e. The molecule has 36 heavy (non-hydrogen) atoms. The van der Waals surface area contributed by atoms with Gasteiger partial charge in [-0.15, -0.1) is 0 Å². The number of fused-ring (bicyclic) bond motifs is 1. The van der Waals surface area contributed by atoms with Gasteiger partial charge in [-0.1, -0.05) is 42.5 Å². The quantitative estimate of drug-likeness (QED) is 0.175. The van der Waals surface area contributed by atoms with Crippen molar-refractivity contribution < 1.29 is 13.2 Å². The van der Waals surface area contributed by atoms with Crippen molar-refractivity contribution in [2.75, 3.05) is 19.6 Å². The number of amides is 1. The van der Waals surface area contributed by atoms with Crippen molar-refractivity contribution in [2.45, 2.75) is 30.2 Å². The van der Waals surface area contributed by atoms with E-state index < -0.39 is 16.1 Å². The molecule has 3 aromatic carbocycles. The van der Waals surface area contributed by atoms with Crippen LogP contribution in [-0.4, -0.2) is 50.9 Å². The molecule has 1 amide bonds. The Morgan fingerprint density at radius 2 is 1.83 bits per heavy atom. The average Bonchev–Trinajstić information content (AvgIpc) is 2.88. The number of carbonyl (C=O) groups is 1. The molecule has 1 aliphatic rings. The first-order valence-electron chi connectivity index (χ1n) is 11.8. The van der Waals surface area contributed by atoms with E-state index in [1.807, 2.05) is 48.5 Å². The van der Waals surface area contributed by atoms with E-state index in [-0.39, 0.29) is 29.1 Å². The summed E-state index contributed by atoms with van der Waals surface area (Å²) in [5.74, 6) is -0.203. The molecule has 4 rings (SSSR count). The maximum absolute atomic E-state index is 13.3. The van der Waals surface area contributed by atoms with Gasteiger partial charge in [0.05, 0.1) is 4.90 Å². The highest BCUT2D eigenvalue weighted by atomic mass is 127. The zero-order valence-corrected chi connectivity index (χ0v) is 22.8. The van der Waals surface area contributed by atoms with Gasteiger partial charge in [0.25, 0.3) is 0 Å². The Balaban J connectivity index is 1.51. The average molecular weight is 620 g/mol. The van der Waals surface area contributed by atoms with Crippen LogP contribution in [0, 0.1) is 14.9 Å². The summed E-state index contributed by atoms with van der Waals surface area (Å²) in [7, 11) is -3.95. The van der Waals surface area contributed by atoms with Gasteiger partial charge in [0.15, 0.2) is 5.96 Å². The molecule has 0 spiro atoms. The Morgan fingerprint density at radius 1 is 1.11 bits per heavy atom. The van der Waals surface area contributed by atoms with Gasteiger partial charge in [0, 0.05) is 23.2 Å². The van der Waals surface area contributed by atoms with E-state index in [1.54, 1.807) is 23.1 Å². The SMILES string of the molecule is N=C(N)N1CCCC(CNC(=O)[C@@H](Cc2ccc(I)cc2)NS(=O)(=O)c2ccc3ccccc3c2)C1. The predicted octanol–water partition coefficient (Wildman–Crippen LogP) is 3.06. The maximum Gasteiger partial charge on any atom is 0.241 e. The second-order valence-electron chi connectivity index (χ2n) is 9.10. The molecule has 1 aliphatic heterocycles. The molecule has 0 aliphatic carbocycles. The number of halogens is 1. The fourth-order valence-electron chi connectivity index (χ4n) is 4.45. The highest BCUT2D eigenvalue weighted by Crippen LogP contribution is 2.20. The van der Waals surface area contributed by atoms with Crippen molar-refractivity contribution in [3.8, 4) is 0 Å².